The van der Waals surface area contributed by atoms with Gasteiger partial charge in [0, 0.05) is 0 Å². The van der Waals surface area contributed by atoms with Gasteiger partial charge in [0.1, 0.15) is 5.82 Å². The van der Waals surface area contributed by atoms with Crippen molar-refractivity contribution in [2.24, 2.45) is 5.92 Å². The van der Waals surface area contributed by atoms with Crippen LogP contribution in [0.1, 0.15) is 32.3 Å². The Labute approximate surface area is 108 Å². The van der Waals surface area contributed by atoms with Crippen molar-refractivity contribution >= 4 is 11.6 Å². The number of rotatable bonds is 7. The second-order valence-corrected chi connectivity index (χ2v) is 5.18. The largest absolute Gasteiger partial charge is 0.316 e. The highest BCUT2D eigenvalue weighted by Gasteiger charge is 2.05. The van der Waals surface area contributed by atoms with Crippen molar-refractivity contribution in [2.45, 2.75) is 33.1 Å². The van der Waals surface area contributed by atoms with Gasteiger partial charge in [0.05, 0.1) is 5.02 Å². The van der Waals surface area contributed by atoms with Crippen LogP contribution >= 0.6 is 11.6 Å². The third kappa shape index (κ3) is 5.51. The molecular weight excluding hydrogens is 237 g/mol. The molecule has 0 radical (unpaired) electrons. The monoisotopic (exact) mass is 257 g/mol. The Hall–Kier alpha value is -0.600. The molecule has 1 aromatic carbocycles. The van der Waals surface area contributed by atoms with Crippen LogP contribution in [0.25, 0.3) is 0 Å². The van der Waals surface area contributed by atoms with Gasteiger partial charge in [-0.2, -0.15) is 0 Å². The Kier molecular flexibility index (Phi) is 6.53. The quantitative estimate of drug-likeness (QED) is 0.727. The van der Waals surface area contributed by atoms with Crippen LogP contribution in [0, 0.1) is 11.7 Å². The number of benzene rings is 1. The minimum Gasteiger partial charge on any atom is -0.316 e. The maximum atomic E-state index is 13.5. The molecule has 0 spiro atoms. The number of aryl methyl sites for hydroxylation is 1. The topological polar surface area (TPSA) is 12.0 Å². The first-order valence-electron chi connectivity index (χ1n) is 6.25. The van der Waals surface area contributed by atoms with Gasteiger partial charge in [0.2, 0.25) is 0 Å². The summed E-state index contributed by atoms with van der Waals surface area (Å²) in [5, 5.41) is 3.60. The summed E-state index contributed by atoms with van der Waals surface area (Å²) in [5.74, 6) is 0.421. The average molecular weight is 258 g/mol. The smallest absolute Gasteiger partial charge is 0.144 e. The normalized spacial score (nSPS) is 11.1. The Balaban J connectivity index is 2.20. The fraction of sp³-hybridized carbons (Fsp3) is 0.571. The summed E-state index contributed by atoms with van der Waals surface area (Å²) in [6.07, 6.45) is 2.82. The molecule has 0 aliphatic heterocycles. The first-order chi connectivity index (χ1) is 8.11. The highest BCUT2D eigenvalue weighted by atomic mass is 35.5. The highest BCUT2D eigenvalue weighted by molar-refractivity contribution is 6.30. The summed E-state index contributed by atoms with van der Waals surface area (Å²) in [4.78, 5) is 0. The maximum Gasteiger partial charge on any atom is 0.144 e. The molecule has 0 atom stereocenters. The zero-order chi connectivity index (χ0) is 12.7. The molecule has 0 bridgehead atoms. The molecule has 0 heterocycles. The van der Waals surface area contributed by atoms with Crippen molar-refractivity contribution in [1.82, 2.24) is 5.32 Å². The minimum absolute atomic E-state index is 0.223. The molecule has 0 aromatic heterocycles. The lowest BCUT2D eigenvalue weighted by molar-refractivity contribution is 0.532. The Morgan fingerprint density at radius 3 is 2.76 bits per heavy atom. The van der Waals surface area contributed by atoms with Crippen molar-refractivity contribution in [1.29, 1.82) is 0 Å². The third-order valence-corrected chi connectivity index (χ3v) is 2.93. The lowest BCUT2D eigenvalue weighted by atomic mass is 10.1. The molecular formula is C14H21ClFN. The summed E-state index contributed by atoms with van der Waals surface area (Å²) in [7, 11) is 0. The lowest BCUT2D eigenvalue weighted by Gasteiger charge is -2.07. The van der Waals surface area contributed by atoms with Crippen molar-refractivity contribution < 1.29 is 4.39 Å². The van der Waals surface area contributed by atoms with E-state index in [4.69, 9.17) is 11.6 Å². The van der Waals surface area contributed by atoms with Crippen LogP contribution in [-0.2, 0) is 6.42 Å². The van der Waals surface area contributed by atoms with Crippen LogP contribution in [0.3, 0.4) is 0 Å². The van der Waals surface area contributed by atoms with Gasteiger partial charge in [-0.1, -0.05) is 37.6 Å². The van der Waals surface area contributed by atoms with E-state index in [0.29, 0.717) is 5.92 Å². The van der Waals surface area contributed by atoms with Gasteiger partial charge >= 0.3 is 0 Å². The van der Waals surface area contributed by atoms with Crippen molar-refractivity contribution in [3.63, 3.8) is 0 Å². The summed E-state index contributed by atoms with van der Waals surface area (Å²) in [6.45, 7) is 6.43. The molecule has 0 unspecified atom stereocenters. The molecule has 3 heteroatoms. The zero-order valence-electron chi connectivity index (χ0n) is 10.6. The van der Waals surface area contributed by atoms with Crippen molar-refractivity contribution in [2.75, 3.05) is 13.1 Å². The lowest BCUT2D eigenvalue weighted by Crippen LogP contribution is -2.20. The fourth-order valence-electron chi connectivity index (χ4n) is 1.70. The van der Waals surface area contributed by atoms with Crippen molar-refractivity contribution in [3.05, 3.63) is 34.6 Å². The first-order valence-corrected chi connectivity index (χ1v) is 6.62. The van der Waals surface area contributed by atoms with E-state index < -0.39 is 0 Å². The number of unbranched alkanes of at least 4 members (excludes halogenated alkanes) is 1. The van der Waals surface area contributed by atoms with Crippen LogP contribution in [0.2, 0.25) is 5.02 Å². The van der Waals surface area contributed by atoms with Gasteiger partial charge in [0.25, 0.3) is 0 Å². The minimum atomic E-state index is -0.260. The summed E-state index contributed by atoms with van der Waals surface area (Å²) in [5.41, 5.74) is 0.723. The van der Waals surface area contributed by atoms with Gasteiger partial charge < -0.3 is 5.32 Å². The molecule has 1 nitrogen and oxygen atoms in total. The van der Waals surface area contributed by atoms with Crippen LogP contribution in [-0.4, -0.2) is 13.1 Å². The Morgan fingerprint density at radius 2 is 2.06 bits per heavy atom. The van der Waals surface area contributed by atoms with Crippen LogP contribution in [0.4, 0.5) is 4.39 Å². The second kappa shape index (κ2) is 7.67. The molecule has 1 N–H and O–H groups in total. The standard InChI is InChI=1S/C14H21ClFN/c1-11(2)10-17-9-4-3-6-12-7-5-8-13(15)14(12)16/h5,7-8,11,17H,3-4,6,9-10H2,1-2H3. The summed E-state index contributed by atoms with van der Waals surface area (Å²) >= 11 is 5.72. The van der Waals surface area contributed by atoms with Gasteiger partial charge in [-0.05, 0) is 49.9 Å². The second-order valence-electron chi connectivity index (χ2n) is 4.77. The molecule has 0 fully saturated rings. The number of hydrogen-bond donors (Lipinski definition) is 1. The van der Waals surface area contributed by atoms with E-state index in [1.165, 1.54) is 0 Å². The van der Waals surface area contributed by atoms with E-state index in [0.717, 1.165) is 37.9 Å². The molecule has 0 saturated carbocycles. The number of hydrogen-bond acceptors (Lipinski definition) is 1. The van der Waals surface area contributed by atoms with Crippen LogP contribution in [0.5, 0.6) is 0 Å². The maximum absolute atomic E-state index is 13.5. The van der Waals surface area contributed by atoms with E-state index in [9.17, 15) is 4.39 Å². The van der Waals surface area contributed by atoms with E-state index >= 15 is 0 Å². The SMILES string of the molecule is CC(C)CNCCCCc1cccc(Cl)c1F. The van der Waals surface area contributed by atoms with E-state index in [1.54, 1.807) is 12.1 Å². The van der Waals surface area contributed by atoms with Crippen LogP contribution in [0.15, 0.2) is 18.2 Å². The summed E-state index contributed by atoms with van der Waals surface area (Å²) < 4.78 is 13.5. The van der Waals surface area contributed by atoms with Crippen LogP contribution < -0.4 is 5.32 Å². The molecule has 96 valence electrons. The molecule has 1 rings (SSSR count). The third-order valence-electron chi connectivity index (χ3n) is 2.63. The molecule has 17 heavy (non-hydrogen) atoms. The fourth-order valence-corrected chi connectivity index (χ4v) is 1.89. The molecule has 1 aromatic rings. The Bertz CT molecular complexity index is 339. The van der Waals surface area contributed by atoms with Gasteiger partial charge in [-0.3, -0.25) is 0 Å². The van der Waals surface area contributed by atoms with Gasteiger partial charge in [-0.15, -0.1) is 0 Å². The van der Waals surface area contributed by atoms with E-state index in [-0.39, 0.29) is 10.8 Å². The first kappa shape index (κ1) is 14.5. The predicted molar refractivity (Wildman–Crippen MR) is 72.1 cm³/mol. The molecule has 0 amide bonds. The molecule has 0 aliphatic carbocycles. The van der Waals surface area contributed by atoms with Gasteiger partial charge in [-0.25, -0.2) is 4.39 Å². The number of halogens is 2. The zero-order valence-corrected chi connectivity index (χ0v) is 11.4. The molecule has 0 saturated heterocycles. The molecule has 0 aliphatic rings. The summed E-state index contributed by atoms with van der Waals surface area (Å²) in [6, 6.07) is 5.20. The predicted octanol–water partition coefficient (Wildman–Crippen LogP) is 4.05. The van der Waals surface area contributed by atoms with E-state index in [1.807, 2.05) is 6.07 Å². The average Bonchev–Trinajstić information content (AvgIpc) is 2.28. The Morgan fingerprint density at radius 1 is 1.29 bits per heavy atom. The van der Waals surface area contributed by atoms with Crippen molar-refractivity contribution in [3.8, 4) is 0 Å². The highest BCUT2D eigenvalue weighted by Crippen LogP contribution is 2.19. The van der Waals surface area contributed by atoms with Gasteiger partial charge in [0.15, 0.2) is 0 Å². The van der Waals surface area contributed by atoms with E-state index in [2.05, 4.69) is 19.2 Å². The number of nitrogens with one attached hydrogen (secondary N) is 1.